The Morgan fingerprint density at radius 1 is 1.30 bits per heavy atom. The minimum atomic E-state index is -0.509. The van der Waals surface area contributed by atoms with Crippen LogP contribution in [0.4, 0.5) is 11.4 Å². The maximum absolute atomic E-state index is 12.0. The molecule has 0 saturated heterocycles. The van der Waals surface area contributed by atoms with Crippen molar-refractivity contribution in [2.75, 3.05) is 11.1 Å². The molecule has 9 nitrogen and oxygen atoms in total. The maximum Gasteiger partial charge on any atom is 0.277 e. The third-order valence-corrected chi connectivity index (χ3v) is 4.34. The number of anilines is 1. The summed E-state index contributed by atoms with van der Waals surface area (Å²) in [4.78, 5) is 22.3. The SMILES string of the molecule is Cc1cc(NC(=O)CSc2nnc(-c3cccc([N+](=O)[O-])c3)o2)ccc1O. The fourth-order valence-corrected chi connectivity index (χ4v) is 2.76. The minimum Gasteiger partial charge on any atom is -0.508 e. The van der Waals surface area contributed by atoms with E-state index in [0.717, 1.165) is 11.8 Å². The monoisotopic (exact) mass is 386 g/mol. The number of phenols is 1. The number of carbonyl (C=O) groups is 1. The van der Waals surface area contributed by atoms with Gasteiger partial charge in [-0.25, -0.2) is 0 Å². The van der Waals surface area contributed by atoms with Crippen molar-refractivity contribution in [3.8, 4) is 17.2 Å². The van der Waals surface area contributed by atoms with Crippen molar-refractivity contribution in [1.29, 1.82) is 0 Å². The summed E-state index contributed by atoms with van der Waals surface area (Å²) in [6.07, 6.45) is 0. The van der Waals surface area contributed by atoms with E-state index >= 15 is 0 Å². The Kier molecular flexibility index (Phi) is 5.36. The highest BCUT2D eigenvalue weighted by molar-refractivity contribution is 7.99. The van der Waals surface area contributed by atoms with Crippen LogP contribution in [0.5, 0.6) is 5.75 Å². The van der Waals surface area contributed by atoms with E-state index in [0.29, 0.717) is 16.8 Å². The number of nitro benzene ring substituents is 1. The van der Waals surface area contributed by atoms with Crippen molar-refractivity contribution in [2.24, 2.45) is 0 Å². The zero-order valence-electron chi connectivity index (χ0n) is 14.1. The van der Waals surface area contributed by atoms with Crippen molar-refractivity contribution in [3.05, 3.63) is 58.1 Å². The van der Waals surface area contributed by atoms with Gasteiger partial charge in [0.2, 0.25) is 11.8 Å². The quantitative estimate of drug-likeness (QED) is 0.285. The number of phenolic OH excluding ortho intramolecular Hbond substituents is 1. The summed E-state index contributed by atoms with van der Waals surface area (Å²) in [5.41, 5.74) is 1.56. The molecule has 0 aliphatic heterocycles. The van der Waals surface area contributed by atoms with Crippen LogP contribution in [0, 0.1) is 17.0 Å². The molecule has 0 aliphatic carbocycles. The zero-order valence-corrected chi connectivity index (χ0v) is 14.9. The molecule has 2 aromatic carbocycles. The molecule has 3 aromatic rings. The number of aromatic nitrogens is 2. The second kappa shape index (κ2) is 7.87. The fourth-order valence-electron chi connectivity index (χ4n) is 2.19. The van der Waals surface area contributed by atoms with Gasteiger partial charge in [-0.15, -0.1) is 10.2 Å². The highest BCUT2D eigenvalue weighted by Gasteiger charge is 2.14. The maximum atomic E-state index is 12.0. The number of nitrogens with one attached hydrogen (secondary N) is 1. The standard InChI is InChI=1S/C17H14N4O5S/c1-10-7-12(5-6-14(10)22)18-15(23)9-27-17-20-19-16(26-17)11-3-2-4-13(8-11)21(24)25/h2-8,22H,9H2,1H3,(H,18,23). The van der Waals surface area contributed by atoms with Crippen molar-refractivity contribution in [2.45, 2.75) is 12.1 Å². The Hall–Kier alpha value is -3.40. The van der Waals surface area contributed by atoms with E-state index < -0.39 is 4.92 Å². The summed E-state index contributed by atoms with van der Waals surface area (Å²) >= 11 is 1.05. The van der Waals surface area contributed by atoms with Gasteiger partial charge in [-0.3, -0.25) is 14.9 Å². The molecule has 2 N–H and O–H groups in total. The second-order valence-corrected chi connectivity index (χ2v) is 6.45. The Balaban J connectivity index is 1.60. The lowest BCUT2D eigenvalue weighted by Crippen LogP contribution is -2.14. The number of aromatic hydroxyl groups is 1. The van der Waals surface area contributed by atoms with Crippen molar-refractivity contribution < 1.29 is 19.2 Å². The number of nitro groups is 1. The molecule has 27 heavy (non-hydrogen) atoms. The highest BCUT2D eigenvalue weighted by atomic mass is 32.2. The highest BCUT2D eigenvalue weighted by Crippen LogP contribution is 2.26. The number of amides is 1. The summed E-state index contributed by atoms with van der Waals surface area (Å²) in [7, 11) is 0. The molecule has 138 valence electrons. The molecule has 1 aromatic heterocycles. The summed E-state index contributed by atoms with van der Waals surface area (Å²) in [6, 6.07) is 10.6. The first kappa shape index (κ1) is 18.4. The van der Waals surface area contributed by atoms with Crippen LogP contribution in [-0.4, -0.2) is 31.9 Å². The van der Waals surface area contributed by atoms with E-state index in [-0.39, 0.29) is 34.2 Å². The topological polar surface area (TPSA) is 131 Å². The van der Waals surface area contributed by atoms with Crippen molar-refractivity contribution in [1.82, 2.24) is 10.2 Å². The minimum absolute atomic E-state index is 0.0382. The molecule has 0 bridgehead atoms. The molecule has 0 aliphatic rings. The van der Waals surface area contributed by atoms with Gasteiger partial charge in [0.15, 0.2) is 0 Å². The zero-order chi connectivity index (χ0) is 19.4. The van der Waals surface area contributed by atoms with Crippen LogP contribution >= 0.6 is 11.8 Å². The third-order valence-electron chi connectivity index (χ3n) is 3.52. The van der Waals surface area contributed by atoms with Crippen LogP contribution in [0.1, 0.15) is 5.56 Å². The van der Waals surface area contributed by atoms with E-state index in [1.807, 2.05) is 0 Å². The first-order valence-corrected chi connectivity index (χ1v) is 8.71. The molecule has 0 fully saturated rings. The first-order valence-electron chi connectivity index (χ1n) is 7.73. The van der Waals surface area contributed by atoms with E-state index in [1.54, 1.807) is 25.1 Å². The predicted molar refractivity (Wildman–Crippen MR) is 98.6 cm³/mol. The molecule has 0 radical (unpaired) electrons. The first-order chi connectivity index (χ1) is 12.9. The van der Waals surface area contributed by atoms with E-state index in [2.05, 4.69) is 15.5 Å². The van der Waals surface area contributed by atoms with Gasteiger partial charge in [-0.2, -0.15) is 0 Å². The Morgan fingerprint density at radius 2 is 2.11 bits per heavy atom. The molecular weight excluding hydrogens is 372 g/mol. The molecule has 3 rings (SSSR count). The number of rotatable bonds is 6. The van der Waals surface area contributed by atoms with Gasteiger partial charge in [0.25, 0.3) is 10.9 Å². The normalized spacial score (nSPS) is 10.6. The molecule has 0 spiro atoms. The number of hydrogen-bond donors (Lipinski definition) is 2. The van der Waals surface area contributed by atoms with E-state index in [9.17, 15) is 20.0 Å². The van der Waals surface area contributed by atoms with Crippen LogP contribution < -0.4 is 5.32 Å². The Labute approximate surface area is 157 Å². The molecule has 0 saturated carbocycles. The van der Waals surface area contributed by atoms with Gasteiger partial charge in [0, 0.05) is 23.4 Å². The third kappa shape index (κ3) is 4.61. The van der Waals surface area contributed by atoms with Gasteiger partial charge in [0.1, 0.15) is 5.75 Å². The van der Waals surface area contributed by atoms with Crippen LogP contribution in [0.3, 0.4) is 0 Å². The fraction of sp³-hybridized carbons (Fsp3) is 0.118. The van der Waals surface area contributed by atoms with Gasteiger partial charge in [-0.1, -0.05) is 17.8 Å². The number of aryl methyl sites for hydroxylation is 1. The number of benzene rings is 2. The predicted octanol–water partition coefficient (Wildman–Crippen LogP) is 3.39. The Bertz CT molecular complexity index is 1000. The molecule has 1 amide bonds. The van der Waals surface area contributed by atoms with Gasteiger partial charge < -0.3 is 14.8 Å². The van der Waals surface area contributed by atoms with Crippen LogP contribution in [0.15, 0.2) is 52.1 Å². The Morgan fingerprint density at radius 3 is 2.85 bits per heavy atom. The van der Waals surface area contributed by atoms with Crippen LogP contribution in [-0.2, 0) is 4.79 Å². The average Bonchev–Trinajstić information content (AvgIpc) is 3.12. The largest absolute Gasteiger partial charge is 0.508 e. The lowest BCUT2D eigenvalue weighted by molar-refractivity contribution is -0.384. The lowest BCUT2D eigenvalue weighted by atomic mass is 10.2. The van der Waals surface area contributed by atoms with Gasteiger partial charge in [-0.05, 0) is 36.8 Å². The lowest BCUT2D eigenvalue weighted by Gasteiger charge is -2.06. The van der Waals surface area contributed by atoms with E-state index in [4.69, 9.17) is 4.42 Å². The van der Waals surface area contributed by atoms with Crippen molar-refractivity contribution in [3.63, 3.8) is 0 Å². The average molecular weight is 386 g/mol. The molecule has 1 heterocycles. The summed E-state index contributed by atoms with van der Waals surface area (Å²) < 4.78 is 5.44. The van der Waals surface area contributed by atoms with Gasteiger partial charge in [0.05, 0.1) is 10.7 Å². The van der Waals surface area contributed by atoms with Crippen LogP contribution in [0.2, 0.25) is 0 Å². The van der Waals surface area contributed by atoms with E-state index in [1.165, 1.54) is 24.3 Å². The summed E-state index contributed by atoms with van der Waals surface area (Å²) in [6.45, 7) is 1.73. The second-order valence-electron chi connectivity index (χ2n) is 5.52. The number of nitrogens with zero attached hydrogens (tertiary/aromatic N) is 3. The van der Waals surface area contributed by atoms with Crippen molar-refractivity contribution >= 4 is 29.0 Å². The molecular formula is C17H14N4O5S. The molecule has 0 unspecified atom stereocenters. The molecule has 10 heteroatoms. The number of hydrogen-bond acceptors (Lipinski definition) is 8. The smallest absolute Gasteiger partial charge is 0.277 e. The molecule has 0 atom stereocenters. The number of carbonyl (C=O) groups excluding carboxylic acids is 1. The number of non-ortho nitro benzene ring substituents is 1. The number of thioether (sulfide) groups is 1. The van der Waals surface area contributed by atoms with Crippen LogP contribution in [0.25, 0.3) is 11.5 Å². The summed E-state index contributed by atoms with van der Waals surface area (Å²) in [5, 5.41) is 30.9. The van der Waals surface area contributed by atoms with Gasteiger partial charge >= 0.3 is 0 Å². The summed E-state index contributed by atoms with van der Waals surface area (Å²) in [5.74, 6) is 0.0501.